The molecule has 0 spiro atoms. The lowest BCUT2D eigenvalue weighted by atomic mass is 10.0. The van der Waals surface area contributed by atoms with Crippen LogP contribution in [-0.4, -0.2) is 34.6 Å². The summed E-state index contributed by atoms with van der Waals surface area (Å²) in [5.74, 6) is -4.60. The number of Topliss-reactive ketones (excluding diaryl/α,β-unsaturated/α-hetero) is 1. The van der Waals surface area contributed by atoms with E-state index in [0.717, 1.165) is 12.1 Å². The van der Waals surface area contributed by atoms with Crippen LogP contribution in [0.25, 0.3) is 0 Å². The van der Waals surface area contributed by atoms with Crippen molar-refractivity contribution in [2.45, 2.75) is 38.8 Å². The summed E-state index contributed by atoms with van der Waals surface area (Å²) in [4.78, 5) is 34.8. The molecule has 0 aliphatic heterocycles. The monoisotopic (exact) mass is 329 g/mol. The molecule has 0 aromatic heterocycles. The first-order valence-corrected chi connectivity index (χ1v) is 6.70. The Hall–Kier alpha value is -2.51. The zero-order valence-electron chi connectivity index (χ0n) is 12.9. The molecule has 126 valence electrons. The van der Waals surface area contributed by atoms with Gasteiger partial charge in [0.25, 0.3) is 0 Å². The predicted octanol–water partition coefficient (Wildman–Crippen LogP) is 2.52. The van der Waals surface area contributed by atoms with Crippen LogP contribution in [0.2, 0.25) is 0 Å². The molecule has 1 aromatic rings. The molecule has 8 heteroatoms. The van der Waals surface area contributed by atoms with Gasteiger partial charge in [-0.25, -0.2) is 13.6 Å². The number of benzene rings is 1. The molecule has 1 rings (SSSR count). The Kier molecular flexibility index (Phi) is 5.78. The van der Waals surface area contributed by atoms with E-state index in [9.17, 15) is 23.2 Å². The summed E-state index contributed by atoms with van der Waals surface area (Å²) in [5, 5.41) is 11.0. The number of rotatable bonds is 5. The van der Waals surface area contributed by atoms with E-state index in [0.29, 0.717) is 6.07 Å². The van der Waals surface area contributed by atoms with E-state index in [1.165, 1.54) is 0 Å². The van der Waals surface area contributed by atoms with Gasteiger partial charge in [0.1, 0.15) is 11.6 Å². The molecule has 1 amide bonds. The van der Waals surface area contributed by atoms with Gasteiger partial charge in [-0.1, -0.05) is 0 Å². The molecule has 0 unspecified atom stereocenters. The Bertz CT molecular complexity index is 625. The van der Waals surface area contributed by atoms with Crippen molar-refractivity contribution in [3.05, 3.63) is 35.4 Å². The number of alkyl carbamates (subject to hydrolysis) is 1. The first kappa shape index (κ1) is 18.5. The number of hydrogen-bond acceptors (Lipinski definition) is 4. The molecular weight excluding hydrogens is 312 g/mol. The van der Waals surface area contributed by atoms with Crippen LogP contribution in [0.4, 0.5) is 13.6 Å². The Labute approximate surface area is 131 Å². The van der Waals surface area contributed by atoms with Crippen LogP contribution in [0, 0.1) is 11.6 Å². The van der Waals surface area contributed by atoms with E-state index in [4.69, 9.17) is 9.84 Å². The summed E-state index contributed by atoms with van der Waals surface area (Å²) in [6.45, 7) is 4.78. The van der Waals surface area contributed by atoms with Crippen LogP contribution >= 0.6 is 0 Å². The highest BCUT2D eigenvalue weighted by molar-refractivity contribution is 6.03. The molecule has 0 radical (unpaired) electrons. The maximum absolute atomic E-state index is 13.2. The fourth-order valence-corrected chi connectivity index (χ4v) is 1.68. The third-order valence-corrected chi connectivity index (χ3v) is 2.59. The maximum Gasteiger partial charge on any atom is 0.408 e. The number of aliphatic carboxylic acids is 1. The van der Waals surface area contributed by atoms with Crippen molar-refractivity contribution in [2.24, 2.45) is 0 Å². The molecule has 0 saturated heterocycles. The van der Waals surface area contributed by atoms with Gasteiger partial charge in [-0.2, -0.15) is 0 Å². The topological polar surface area (TPSA) is 92.7 Å². The Morgan fingerprint density at radius 3 is 2.30 bits per heavy atom. The summed E-state index contributed by atoms with van der Waals surface area (Å²) in [6, 6.07) is 0.927. The number of ketones is 1. The highest BCUT2D eigenvalue weighted by Crippen LogP contribution is 2.13. The first-order valence-electron chi connectivity index (χ1n) is 6.70. The van der Waals surface area contributed by atoms with Gasteiger partial charge in [0, 0.05) is 5.56 Å². The molecule has 0 fully saturated rings. The summed E-state index contributed by atoms with van der Waals surface area (Å²) in [5.41, 5.74) is -1.10. The van der Waals surface area contributed by atoms with Crippen LogP contribution in [0.1, 0.15) is 37.6 Å². The van der Waals surface area contributed by atoms with Crippen LogP contribution in [0.5, 0.6) is 0 Å². The van der Waals surface area contributed by atoms with Gasteiger partial charge in [-0.3, -0.25) is 9.59 Å². The van der Waals surface area contributed by atoms with E-state index < -0.39 is 47.5 Å². The van der Waals surface area contributed by atoms with Crippen molar-refractivity contribution in [1.29, 1.82) is 0 Å². The van der Waals surface area contributed by atoms with E-state index in [1.54, 1.807) is 20.8 Å². The quantitative estimate of drug-likeness (QED) is 0.810. The van der Waals surface area contributed by atoms with Gasteiger partial charge in [0.15, 0.2) is 17.4 Å². The lowest BCUT2D eigenvalue weighted by molar-refractivity contribution is -0.137. The van der Waals surface area contributed by atoms with Crippen LogP contribution in [-0.2, 0) is 9.53 Å². The molecule has 0 bridgehead atoms. The minimum atomic E-state index is -1.47. The zero-order chi connectivity index (χ0) is 17.8. The maximum atomic E-state index is 13.2. The number of carbonyl (C=O) groups excluding carboxylic acids is 2. The van der Waals surface area contributed by atoms with Crippen molar-refractivity contribution in [2.75, 3.05) is 0 Å². The molecule has 0 aliphatic carbocycles. The lowest BCUT2D eigenvalue weighted by Crippen LogP contribution is -2.44. The number of ether oxygens (including phenoxy) is 1. The molecule has 1 atom stereocenters. The summed E-state index contributed by atoms with van der Waals surface area (Å²) in [7, 11) is 0. The highest BCUT2D eigenvalue weighted by Gasteiger charge is 2.27. The smallest absolute Gasteiger partial charge is 0.408 e. The second-order valence-electron chi connectivity index (χ2n) is 5.79. The largest absolute Gasteiger partial charge is 0.481 e. The number of halogens is 2. The number of hydrogen-bond donors (Lipinski definition) is 2. The third-order valence-electron chi connectivity index (χ3n) is 2.59. The van der Waals surface area contributed by atoms with Crippen molar-refractivity contribution in [3.63, 3.8) is 0 Å². The second-order valence-corrected chi connectivity index (χ2v) is 5.79. The Morgan fingerprint density at radius 2 is 1.83 bits per heavy atom. The predicted molar refractivity (Wildman–Crippen MR) is 76.1 cm³/mol. The minimum absolute atomic E-state index is 0.258. The number of nitrogens with one attached hydrogen (secondary N) is 1. The molecule has 0 saturated carbocycles. The molecule has 6 nitrogen and oxygen atoms in total. The number of amides is 1. The van der Waals surface area contributed by atoms with Crippen molar-refractivity contribution >= 4 is 17.8 Å². The Morgan fingerprint density at radius 1 is 1.22 bits per heavy atom. The third kappa shape index (κ3) is 6.01. The number of carbonyl (C=O) groups is 3. The molecular formula is C15H17F2NO5. The summed E-state index contributed by atoms with van der Waals surface area (Å²) in [6.07, 6.45) is -1.71. The van der Waals surface area contributed by atoms with Gasteiger partial charge in [-0.05, 0) is 39.0 Å². The van der Waals surface area contributed by atoms with Gasteiger partial charge in [0.05, 0.1) is 6.42 Å². The van der Waals surface area contributed by atoms with E-state index in [-0.39, 0.29) is 5.56 Å². The molecule has 0 heterocycles. The van der Waals surface area contributed by atoms with Crippen molar-refractivity contribution in [1.82, 2.24) is 5.32 Å². The average Bonchev–Trinajstić information content (AvgIpc) is 2.37. The SMILES string of the molecule is CC(C)(C)OC(=O)N[C@@H](CC(=O)O)C(=O)c1ccc(F)c(F)c1. The molecule has 0 aliphatic rings. The van der Waals surface area contributed by atoms with Crippen molar-refractivity contribution < 1.29 is 33.0 Å². The fraction of sp³-hybridized carbons (Fsp3) is 0.400. The van der Waals surface area contributed by atoms with Gasteiger partial charge in [-0.15, -0.1) is 0 Å². The Balaban J connectivity index is 2.96. The van der Waals surface area contributed by atoms with Crippen molar-refractivity contribution in [3.8, 4) is 0 Å². The van der Waals surface area contributed by atoms with Gasteiger partial charge >= 0.3 is 12.1 Å². The van der Waals surface area contributed by atoms with Crippen LogP contribution in [0.3, 0.4) is 0 Å². The molecule has 2 N–H and O–H groups in total. The molecule has 23 heavy (non-hydrogen) atoms. The van der Waals surface area contributed by atoms with E-state index in [1.807, 2.05) is 0 Å². The standard InChI is InChI=1S/C15H17F2NO5/c1-15(2,3)23-14(22)18-11(7-12(19)20)13(21)8-4-5-9(16)10(17)6-8/h4-6,11H,7H2,1-3H3,(H,18,22)(H,19,20)/t11-/m0/s1. The zero-order valence-corrected chi connectivity index (χ0v) is 12.9. The minimum Gasteiger partial charge on any atom is -0.481 e. The number of carboxylic acids is 1. The molecule has 1 aromatic carbocycles. The van der Waals surface area contributed by atoms with Gasteiger partial charge < -0.3 is 15.2 Å². The number of carboxylic acid groups (broad SMARTS) is 1. The van der Waals surface area contributed by atoms with Crippen LogP contribution < -0.4 is 5.32 Å². The second kappa shape index (κ2) is 7.17. The van der Waals surface area contributed by atoms with Gasteiger partial charge in [0.2, 0.25) is 0 Å². The normalized spacial score (nSPS) is 12.4. The summed E-state index contributed by atoms with van der Waals surface area (Å²) < 4.78 is 31.0. The highest BCUT2D eigenvalue weighted by atomic mass is 19.2. The lowest BCUT2D eigenvalue weighted by Gasteiger charge is -2.22. The summed E-state index contributed by atoms with van der Waals surface area (Å²) >= 11 is 0. The van der Waals surface area contributed by atoms with E-state index in [2.05, 4.69) is 5.32 Å². The average molecular weight is 329 g/mol. The van der Waals surface area contributed by atoms with Crippen LogP contribution in [0.15, 0.2) is 18.2 Å². The first-order chi connectivity index (χ1) is 10.5. The fourth-order valence-electron chi connectivity index (χ4n) is 1.68. The van der Waals surface area contributed by atoms with E-state index >= 15 is 0 Å².